The molecule has 0 bridgehead atoms. The van der Waals surface area contributed by atoms with Gasteiger partial charge >= 0.3 is 5.97 Å². The van der Waals surface area contributed by atoms with Crippen LogP contribution in [0.4, 0.5) is 16.4 Å². The number of benzene rings is 2. The van der Waals surface area contributed by atoms with Crippen molar-refractivity contribution in [3.63, 3.8) is 0 Å². The van der Waals surface area contributed by atoms with Crippen molar-refractivity contribution in [2.24, 2.45) is 4.99 Å². The molecular weight excluding hydrogens is 372 g/mol. The molecule has 0 aliphatic carbocycles. The lowest BCUT2D eigenvalue weighted by atomic mass is 10.2. The first-order chi connectivity index (χ1) is 12.7. The molecule has 0 atom stereocenters. The molecule has 0 amide bonds. The minimum atomic E-state index is -0.508. The van der Waals surface area contributed by atoms with Crippen molar-refractivity contribution >= 4 is 51.7 Å². The van der Waals surface area contributed by atoms with Crippen molar-refractivity contribution in [1.82, 2.24) is 9.59 Å². The van der Waals surface area contributed by atoms with Gasteiger partial charge in [0.2, 0.25) is 5.69 Å². The van der Waals surface area contributed by atoms with Gasteiger partial charge in [-0.1, -0.05) is 40.4 Å². The van der Waals surface area contributed by atoms with Gasteiger partial charge in [-0.25, -0.2) is 4.79 Å². The average molecular weight is 387 g/mol. The molecule has 0 aliphatic heterocycles. The molecule has 3 aromatic rings. The van der Waals surface area contributed by atoms with Crippen LogP contribution in [0.25, 0.3) is 0 Å². The molecule has 3 rings (SSSR count). The number of nitrogens with zero attached hydrogens (tertiary/aromatic N) is 3. The number of esters is 1. The Morgan fingerprint density at radius 1 is 1.27 bits per heavy atom. The number of para-hydroxylation sites is 2. The summed E-state index contributed by atoms with van der Waals surface area (Å²) in [6.07, 6.45) is 1.74. The third-order valence-electron chi connectivity index (χ3n) is 3.33. The number of aliphatic imine (C=N–C) groups is 1. The Labute approximate surface area is 159 Å². The number of anilines is 2. The van der Waals surface area contributed by atoms with Crippen molar-refractivity contribution < 1.29 is 9.53 Å². The van der Waals surface area contributed by atoms with E-state index in [0.29, 0.717) is 15.7 Å². The van der Waals surface area contributed by atoms with Crippen LogP contribution in [0.15, 0.2) is 53.5 Å². The number of carbonyl (C=O) groups excluding carboxylic acids is 1. The molecule has 1 heterocycles. The molecule has 0 aliphatic rings. The largest absolute Gasteiger partial charge is 0.461 e. The van der Waals surface area contributed by atoms with Crippen LogP contribution in [0.2, 0.25) is 5.02 Å². The van der Waals surface area contributed by atoms with Crippen LogP contribution in [0, 0.1) is 0 Å². The number of aromatic nitrogens is 2. The van der Waals surface area contributed by atoms with Crippen LogP contribution in [0.5, 0.6) is 0 Å². The standard InChI is InChI=1S/C18H15ClN4O2S/c1-2-25-18(24)16-17(26-23-22-16)21-15-6-4-3-5-14(15)20-11-12-7-9-13(19)10-8-12/h3-11,21H,2H2,1H3. The average Bonchev–Trinajstić information content (AvgIpc) is 3.11. The zero-order valence-electron chi connectivity index (χ0n) is 13.8. The third kappa shape index (κ3) is 4.44. The van der Waals surface area contributed by atoms with Crippen molar-refractivity contribution in [2.45, 2.75) is 6.92 Å². The molecule has 0 saturated carbocycles. The van der Waals surface area contributed by atoms with Crippen LogP contribution < -0.4 is 5.32 Å². The van der Waals surface area contributed by atoms with Gasteiger partial charge in [0.25, 0.3) is 0 Å². The molecular formula is C18H15ClN4O2S. The zero-order valence-corrected chi connectivity index (χ0v) is 15.4. The minimum absolute atomic E-state index is 0.160. The second kappa shape index (κ2) is 8.55. The highest BCUT2D eigenvalue weighted by atomic mass is 35.5. The number of hydrogen-bond acceptors (Lipinski definition) is 7. The molecule has 1 aromatic heterocycles. The van der Waals surface area contributed by atoms with Gasteiger partial charge in [0, 0.05) is 22.8 Å². The first-order valence-corrected chi connectivity index (χ1v) is 8.97. The van der Waals surface area contributed by atoms with Crippen LogP contribution in [0.3, 0.4) is 0 Å². The maximum absolute atomic E-state index is 11.9. The molecule has 6 nitrogen and oxygen atoms in total. The van der Waals surface area contributed by atoms with Gasteiger partial charge in [0.05, 0.1) is 18.0 Å². The van der Waals surface area contributed by atoms with Gasteiger partial charge in [0.1, 0.15) is 5.00 Å². The summed E-state index contributed by atoms with van der Waals surface area (Å²) in [7, 11) is 0. The molecule has 0 radical (unpaired) electrons. The van der Waals surface area contributed by atoms with Crippen molar-refractivity contribution in [3.8, 4) is 0 Å². The van der Waals surface area contributed by atoms with E-state index >= 15 is 0 Å². The van der Waals surface area contributed by atoms with Crippen molar-refractivity contribution in [2.75, 3.05) is 11.9 Å². The third-order valence-corrected chi connectivity index (χ3v) is 4.23. The number of halogens is 1. The predicted molar refractivity (Wildman–Crippen MR) is 104 cm³/mol. The van der Waals surface area contributed by atoms with Crippen LogP contribution in [-0.2, 0) is 4.74 Å². The topological polar surface area (TPSA) is 76.5 Å². The highest BCUT2D eigenvalue weighted by Crippen LogP contribution is 2.30. The van der Waals surface area contributed by atoms with E-state index in [4.69, 9.17) is 16.3 Å². The quantitative estimate of drug-likeness (QED) is 0.483. The van der Waals surface area contributed by atoms with E-state index in [-0.39, 0.29) is 12.3 Å². The number of rotatable bonds is 6. The lowest BCUT2D eigenvalue weighted by molar-refractivity contribution is 0.0520. The summed E-state index contributed by atoms with van der Waals surface area (Å²) in [6.45, 7) is 2.02. The second-order valence-corrected chi connectivity index (χ2v) is 6.31. The molecule has 1 N–H and O–H groups in total. The Hall–Kier alpha value is -2.77. The molecule has 132 valence electrons. The molecule has 0 unspecified atom stereocenters. The highest BCUT2D eigenvalue weighted by Gasteiger charge is 2.18. The van der Waals surface area contributed by atoms with Crippen molar-refractivity contribution in [3.05, 3.63) is 64.8 Å². The van der Waals surface area contributed by atoms with Crippen LogP contribution in [-0.4, -0.2) is 28.4 Å². The molecule has 0 fully saturated rings. The molecule has 8 heteroatoms. The number of carbonyl (C=O) groups is 1. The van der Waals surface area contributed by atoms with Gasteiger partial charge in [-0.05, 0) is 36.8 Å². The van der Waals surface area contributed by atoms with E-state index in [0.717, 1.165) is 22.8 Å². The van der Waals surface area contributed by atoms with E-state index in [1.165, 1.54) is 0 Å². The smallest absolute Gasteiger partial charge is 0.362 e. The number of hydrogen-bond donors (Lipinski definition) is 1. The number of nitrogens with one attached hydrogen (secondary N) is 1. The zero-order chi connectivity index (χ0) is 18.4. The van der Waals surface area contributed by atoms with Crippen LogP contribution in [0.1, 0.15) is 23.0 Å². The fourth-order valence-electron chi connectivity index (χ4n) is 2.11. The van der Waals surface area contributed by atoms with E-state index in [2.05, 4.69) is 19.9 Å². The first kappa shape index (κ1) is 18.0. The minimum Gasteiger partial charge on any atom is -0.461 e. The fourth-order valence-corrected chi connectivity index (χ4v) is 2.81. The second-order valence-electron chi connectivity index (χ2n) is 5.12. The first-order valence-electron chi connectivity index (χ1n) is 7.82. The SMILES string of the molecule is CCOC(=O)c1nnsc1Nc1ccccc1N=Cc1ccc(Cl)cc1. The lowest BCUT2D eigenvalue weighted by Gasteiger charge is -2.08. The Bertz CT molecular complexity index is 925. The summed E-state index contributed by atoms with van der Waals surface area (Å²) in [5, 5.41) is 8.19. The Balaban J connectivity index is 1.83. The van der Waals surface area contributed by atoms with Crippen LogP contribution >= 0.6 is 23.1 Å². The fraction of sp³-hybridized carbons (Fsp3) is 0.111. The van der Waals surface area contributed by atoms with E-state index in [1.54, 1.807) is 13.1 Å². The van der Waals surface area contributed by atoms with E-state index < -0.39 is 5.97 Å². The maximum atomic E-state index is 11.9. The molecule has 0 spiro atoms. The van der Waals surface area contributed by atoms with Crippen molar-refractivity contribution in [1.29, 1.82) is 0 Å². The van der Waals surface area contributed by atoms with E-state index in [1.807, 2.05) is 48.5 Å². The number of ether oxygens (including phenoxy) is 1. The highest BCUT2D eigenvalue weighted by molar-refractivity contribution is 7.10. The van der Waals surface area contributed by atoms with Gasteiger partial charge < -0.3 is 10.1 Å². The van der Waals surface area contributed by atoms with Gasteiger partial charge in [-0.2, -0.15) is 0 Å². The monoisotopic (exact) mass is 386 g/mol. The Morgan fingerprint density at radius 3 is 2.81 bits per heavy atom. The molecule has 26 heavy (non-hydrogen) atoms. The Kier molecular flexibility index (Phi) is 5.93. The summed E-state index contributed by atoms with van der Waals surface area (Å²) in [4.78, 5) is 16.5. The van der Waals surface area contributed by atoms with Gasteiger partial charge in [0.15, 0.2) is 0 Å². The van der Waals surface area contributed by atoms with E-state index in [9.17, 15) is 4.79 Å². The Morgan fingerprint density at radius 2 is 2.04 bits per heavy atom. The predicted octanol–water partition coefficient (Wildman–Crippen LogP) is 4.86. The summed E-state index contributed by atoms with van der Waals surface area (Å²) in [6, 6.07) is 14.9. The summed E-state index contributed by atoms with van der Waals surface area (Å²) in [5.74, 6) is -0.508. The summed E-state index contributed by atoms with van der Waals surface area (Å²) >= 11 is 6.98. The summed E-state index contributed by atoms with van der Waals surface area (Å²) < 4.78 is 8.83. The normalized spacial score (nSPS) is 10.8. The maximum Gasteiger partial charge on any atom is 0.362 e. The molecule has 2 aromatic carbocycles. The van der Waals surface area contributed by atoms with Gasteiger partial charge in [-0.15, -0.1) is 5.10 Å². The van der Waals surface area contributed by atoms with Gasteiger partial charge in [-0.3, -0.25) is 4.99 Å². The lowest BCUT2D eigenvalue weighted by Crippen LogP contribution is -2.07. The molecule has 0 saturated heterocycles. The summed E-state index contributed by atoms with van der Waals surface area (Å²) in [5.41, 5.74) is 2.53.